The zero-order valence-electron chi connectivity index (χ0n) is 18.2. The van der Waals surface area contributed by atoms with Gasteiger partial charge in [-0.3, -0.25) is 9.59 Å². The SMILES string of the molecule is CC1(C)O[C@@H]2[C@H](O1)[C@@H]1C[C@H]2N(c2cc(Cc3n[nH]c(=O)c4c3CCCC4)ccc2F)C1=O. The first-order valence-corrected chi connectivity index (χ1v) is 11.4. The van der Waals surface area contributed by atoms with Gasteiger partial charge < -0.3 is 14.4 Å². The number of ether oxygens (including phenoxy) is 2. The van der Waals surface area contributed by atoms with Crippen LogP contribution >= 0.6 is 0 Å². The van der Waals surface area contributed by atoms with Crippen molar-refractivity contribution in [3.8, 4) is 0 Å². The van der Waals surface area contributed by atoms with Gasteiger partial charge in [0.1, 0.15) is 18.0 Å². The quantitative estimate of drug-likeness (QED) is 0.795. The van der Waals surface area contributed by atoms with Crippen molar-refractivity contribution in [3.63, 3.8) is 0 Å². The van der Waals surface area contributed by atoms with Crippen LogP contribution in [0.2, 0.25) is 0 Å². The molecule has 2 aliphatic heterocycles. The lowest BCUT2D eigenvalue weighted by Gasteiger charge is -2.33. The van der Waals surface area contributed by atoms with E-state index in [9.17, 15) is 14.0 Å². The highest BCUT2D eigenvalue weighted by atomic mass is 19.1. The molecule has 0 radical (unpaired) electrons. The monoisotopic (exact) mass is 439 g/mol. The molecule has 7 nitrogen and oxygen atoms in total. The largest absolute Gasteiger partial charge is 0.344 e. The molecule has 0 spiro atoms. The molecule has 0 unspecified atom stereocenters. The molecule has 1 saturated carbocycles. The second kappa shape index (κ2) is 6.96. The molecular formula is C24H26FN3O4. The number of nitrogens with zero attached hydrogens (tertiary/aromatic N) is 2. The summed E-state index contributed by atoms with van der Waals surface area (Å²) in [6.45, 7) is 3.69. The Labute approximate surface area is 184 Å². The van der Waals surface area contributed by atoms with E-state index < -0.39 is 11.6 Å². The molecule has 6 rings (SSSR count). The standard InChI is InChI=1S/C24H26FN3O4/c1-24(2)31-20-15-11-19(21(20)32-24)28(23(15)30)18-10-12(7-8-16(18)25)9-17-13-5-3-4-6-14(13)22(29)27-26-17/h7-8,10,15,19-21H,3-6,9,11H2,1-2H3,(H,27,29)/t15-,19+,20+,21-/m0/s1. The molecule has 2 aliphatic carbocycles. The molecule has 4 atom stereocenters. The van der Waals surface area contributed by atoms with Crippen molar-refractivity contribution in [2.45, 2.75) is 76.4 Å². The van der Waals surface area contributed by atoms with Gasteiger partial charge in [-0.25, -0.2) is 9.49 Å². The van der Waals surface area contributed by atoms with Crippen molar-refractivity contribution in [1.82, 2.24) is 10.2 Å². The van der Waals surface area contributed by atoms with Crippen LogP contribution in [0.15, 0.2) is 23.0 Å². The van der Waals surface area contributed by atoms with E-state index in [1.165, 1.54) is 6.07 Å². The van der Waals surface area contributed by atoms with E-state index in [2.05, 4.69) is 10.2 Å². The summed E-state index contributed by atoms with van der Waals surface area (Å²) in [5.41, 5.74) is 3.68. The number of aromatic amines is 1. The highest BCUT2D eigenvalue weighted by Crippen LogP contribution is 2.50. The second-order valence-corrected chi connectivity index (χ2v) is 9.81. The average Bonchev–Trinajstić information content (AvgIpc) is 3.38. The number of carbonyl (C=O) groups is 1. The maximum atomic E-state index is 15.0. The van der Waals surface area contributed by atoms with Crippen molar-refractivity contribution in [2.75, 3.05) is 4.90 Å². The Morgan fingerprint density at radius 3 is 2.72 bits per heavy atom. The van der Waals surface area contributed by atoms with E-state index in [0.717, 1.165) is 48.1 Å². The predicted octanol–water partition coefficient (Wildman–Crippen LogP) is 2.63. The fourth-order valence-electron chi connectivity index (χ4n) is 6.01. The number of fused-ring (bicyclic) bond motifs is 6. The molecule has 8 heteroatoms. The minimum Gasteiger partial charge on any atom is -0.344 e. The topological polar surface area (TPSA) is 84.5 Å². The number of piperidine rings is 1. The number of carbonyl (C=O) groups excluding carboxylic acids is 1. The zero-order valence-corrected chi connectivity index (χ0v) is 18.2. The van der Waals surface area contributed by atoms with Gasteiger partial charge in [-0.2, -0.15) is 5.10 Å². The molecule has 2 saturated heterocycles. The number of rotatable bonds is 3. The van der Waals surface area contributed by atoms with Crippen LogP contribution in [0.3, 0.4) is 0 Å². The first kappa shape index (κ1) is 20.1. The highest BCUT2D eigenvalue weighted by molar-refractivity contribution is 6.00. The van der Waals surface area contributed by atoms with Gasteiger partial charge in [0.25, 0.3) is 5.56 Å². The van der Waals surface area contributed by atoms with Gasteiger partial charge in [0, 0.05) is 12.0 Å². The van der Waals surface area contributed by atoms with Crippen molar-refractivity contribution in [2.24, 2.45) is 5.92 Å². The molecular weight excluding hydrogens is 413 g/mol. The number of amides is 1. The minimum absolute atomic E-state index is 0.104. The van der Waals surface area contributed by atoms with Gasteiger partial charge in [0.05, 0.1) is 23.3 Å². The molecule has 1 aromatic carbocycles. The van der Waals surface area contributed by atoms with Crippen LogP contribution in [0.5, 0.6) is 0 Å². The lowest BCUT2D eigenvalue weighted by Crippen LogP contribution is -2.50. The van der Waals surface area contributed by atoms with E-state index in [4.69, 9.17) is 9.47 Å². The van der Waals surface area contributed by atoms with Gasteiger partial charge in [0.15, 0.2) is 5.79 Å². The number of halogens is 1. The molecule has 2 bridgehead atoms. The zero-order chi connectivity index (χ0) is 22.2. The Morgan fingerprint density at radius 1 is 1.16 bits per heavy atom. The summed E-state index contributed by atoms with van der Waals surface area (Å²) >= 11 is 0. The first-order chi connectivity index (χ1) is 15.3. The van der Waals surface area contributed by atoms with Gasteiger partial charge in [-0.15, -0.1) is 0 Å². The summed E-state index contributed by atoms with van der Waals surface area (Å²) in [6, 6.07) is 4.64. The van der Waals surface area contributed by atoms with Crippen LogP contribution in [-0.2, 0) is 33.5 Å². The Kier molecular flexibility index (Phi) is 4.36. The van der Waals surface area contributed by atoms with E-state index in [-0.39, 0.29) is 41.3 Å². The Balaban J connectivity index is 1.33. The number of nitrogens with one attached hydrogen (secondary N) is 1. The number of hydrogen-bond acceptors (Lipinski definition) is 5. The number of benzene rings is 1. The third-order valence-corrected chi connectivity index (χ3v) is 7.35. The highest BCUT2D eigenvalue weighted by Gasteiger charge is 2.64. The fourth-order valence-corrected chi connectivity index (χ4v) is 6.01. The normalized spacial score (nSPS) is 30.0. The van der Waals surface area contributed by atoms with E-state index in [0.29, 0.717) is 12.8 Å². The van der Waals surface area contributed by atoms with E-state index in [1.54, 1.807) is 17.0 Å². The number of anilines is 1. The Morgan fingerprint density at radius 2 is 1.91 bits per heavy atom. The molecule has 32 heavy (non-hydrogen) atoms. The summed E-state index contributed by atoms with van der Waals surface area (Å²) in [5, 5.41) is 6.92. The molecule has 3 heterocycles. The molecule has 4 aliphatic rings. The molecule has 168 valence electrons. The van der Waals surface area contributed by atoms with Gasteiger partial charge in [0.2, 0.25) is 5.91 Å². The second-order valence-electron chi connectivity index (χ2n) is 9.81. The maximum Gasteiger partial charge on any atom is 0.267 e. The molecule has 2 aromatic rings. The minimum atomic E-state index is -0.738. The Bertz CT molecular complexity index is 1180. The Hall–Kier alpha value is -2.58. The third-order valence-electron chi connectivity index (χ3n) is 7.35. The van der Waals surface area contributed by atoms with Crippen molar-refractivity contribution < 1.29 is 18.7 Å². The average molecular weight is 439 g/mol. The fraction of sp³-hybridized carbons (Fsp3) is 0.542. The number of aromatic nitrogens is 2. The van der Waals surface area contributed by atoms with Gasteiger partial charge >= 0.3 is 0 Å². The first-order valence-electron chi connectivity index (χ1n) is 11.4. The number of H-pyrrole nitrogens is 1. The summed E-state index contributed by atoms with van der Waals surface area (Å²) in [4.78, 5) is 26.9. The van der Waals surface area contributed by atoms with Gasteiger partial charge in [-0.1, -0.05) is 6.07 Å². The molecule has 1 amide bonds. The number of hydrogen-bond donors (Lipinski definition) is 1. The lowest BCUT2D eigenvalue weighted by molar-refractivity contribution is -0.155. The molecule has 1 aromatic heterocycles. The van der Waals surface area contributed by atoms with E-state index >= 15 is 0 Å². The van der Waals surface area contributed by atoms with E-state index in [1.807, 2.05) is 13.8 Å². The van der Waals surface area contributed by atoms with Crippen LogP contribution in [0.1, 0.15) is 55.5 Å². The van der Waals surface area contributed by atoms with Crippen LogP contribution in [0.4, 0.5) is 10.1 Å². The van der Waals surface area contributed by atoms with Crippen LogP contribution in [0.25, 0.3) is 0 Å². The van der Waals surface area contributed by atoms with Crippen LogP contribution < -0.4 is 10.5 Å². The van der Waals surface area contributed by atoms with Crippen molar-refractivity contribution in [3.05, 3.63) is 56.8 Å². The summed E-state index contributed by atoms with van der Waals surface area (Å²) in [5.74, 6) is -1.57. The maximum absolute atomic E-state index is 15.0. The summed E-state index contributed by atoms with van der Waals surface area (Å²) < 4.78 is 27.0. The van der Waals surface area contributed by atoms with Crippen molar-refractivity contribution >= 4 is 11.6 Å². The smallest absolute Gasteiger partial charge is 0.267 e. The van der Waals surface area contributed by atoms with Crippen molar-refractivity contribution in [1.29, 1.82) is 0 Å². The summed E-state index contributed by atoms with van der Waals surface area (Å²) in [7, 11) is 0. The van der Waals surface area contributed by atoms with Gasteiger partial charge in [-0.05, 0) is 69.2 Å². The van der Waals surface area contributed by atoms with Crippen LogP contribution in [-0.4, -0.2) is 40.1 Å². The molecule has 1 N–H and O–H groups in total. The summed E-state index contributed by atoms with van der Waals surface area (Å²) in [6.07, 6.45) is 4.22. The van der Waals surface area contributed by atoms with Crippen LogP contribution in [0, 0.1) is 11.7 Å². The predicted molar refractivity (Wildman–Crippen MR) is 114 cm³/mol. The third kappa shape index (κ3) is 2.96. The lowest BCUT2D eigenvalue weighted by atomic mass is 9.90. The molecule has 3 fully saturated rings.